The van der Waals surface area contributed by atoms with E-state index in [1.165, 1.54) is 0 Å². The van der Waals surface area contributed by atoms with Gasteiger partial charge in [-0.15, -0.1) is 0 Å². The summed E-state index contributed by atoms with van der Waals surface area (Å²) in [6.07, 6.45) is 5.26. The van der Waals surface area contributed by atoms with Gasteiger partial charge in [-0.25, -0.2) is 0 Å². The number of aromatic nitrogens is 2. The normalized spacial score (nSPS) is 13.9. The van der Waals surface area contributed by atoms with Gasteiger partial charge in [-0.2, -0.15) is 3.97 Å². The van der Waals surface area contributed by atoms with Gasteiger partial charge in [0.1, 0.15) is 30.1 Å². The highest BCUT2D eigenvalue weighted by molar-refractivity contribution is 7.90. The van der Waals surface area contributed by atoms with E-state index in [2.05, 4.69) is 21.7 Å². The van der Waals surface area contributed by atoms with E-state index >= 15 is 0 Å². The van der Waals surface area contributed by atoms with Crippen LogP contribution in [0.1, 0.15) is 5.56 Å². The minimum atomic E-state index is -1.40. The van der Waals surface area contributed by atoms with E-state index in [0.29, 0.717) is 24.7 Å². The van der Waals surface area contributed by atoms with Crippen LogP contribution < -0.4 is 20.1 Å². The highest BCUT2D eigenvalue weighted by atomic mass is 32.2. The summed E-state index contributed by atoms with van der Waals surface area (Å²) in [5.41, 5.74) is 3.75. The van der Waals surface area contributed by atoms with E-state index < -0.39 is 11.4 Å². The Balaban J connectivity index is 1.52. The number of ether oxygens (including phenoxy) is 2. The number of anilines is 2. The van der Waals surface area contributed by atoms with Crippen molar-refractivity contribution in [2.75, 3.05) is 25.6 Å². The monoisotopic (exact) mass is 434 g/mol. The second-order valence-electron chi connectivity index (χ2n) is 7.16. The molecule has 4 aromatic rings. The van der Waals surface area contributed by atoms with Gasteiger partial charge < -0.3 is 24.7 Å². The van der Waals surface area contributed by atoms with E-state index in [1.807, 2.05) is 49.6 Å². The van der Waals surface area contributed by atoms with Crippen LogP contribution in [0.3, 0.4) is 0 Å². The molecule has 0 spiro atoms. The molecule has 1 unspecified atom stereocenters. The van der Waals surface area contributed by atoms with Crippen LogP contribution in [0.15, 0.2) is 72.0 Å². The number of benzene rings is 2. The Bertz CT molecular complexity index is 1210. The number of nitrogens with zero attached hydrogens (tertiary/aromatic N) is 2. The lowest BCUT2D eigenvalue weighted by Crippen LogP contribution is -2.15. The molecule has 2 aromatic heterocycles. The topological polar surface area (TPSA) is 83.4 Å². The third-order valence-corrected chi connectivity index (χ3v) is 6.37. The first kappa shape index (κ1) is 19.7. The molecule has 8 heteroatoms. The van der Waals surface area contributed by atoms with Crippen molar-refractivity contribution < 1.29 is 14.0 Å². The van der Waals surface area contributed by atoms with Crippen molar-refractivity contribution >= 4 is 33.6 Å². The number of nitrogens with one attached hydrogen (secondary N) is 2. The van der Waals surface area contributed by atoms with Gasteiger partial charge in [0.25, 0.3) is 0 Å². The highest BCUT2D eigenvalue weighted by Gasteiger charge is 2.20. The summed E-state index contributed by atoms with van der Waals surface area (Å²) in [4.78, 5) is 4.76. The Hall–Kier alpha value is -3.20. The average Bonchev–Trinajstić information content (AvgIpc) is 3.17. The highest BCUT2D eigenvalue weighted by Crippen LogP contribution is 2.35. The van der Waals surface area contributed by atoms with Gasteiger partial charge in [-0.3, -0.25) is 4.98 Å². The second-order valence-corrected chi connectivity index (χ2v) is 8.53. The lowest BCUT2D eigenvalue weighted by Gasteiger charge is -2.19. The molecule has 1 aliphatic heterocycles. The zero-order valence-electron chi connectivity index (χ0n) is 17.0. The number of pyridine rings is 1. The molecule has 0 fully saturated rings. The van der Waals surface area contributed by atoms with Crippen molar-refractivity contribution in [3.05, 3.63) is 72.7 Å². The van der Waals surface area contributed by atoms with Crippen molar-refractivity contribution in [3.8, 4) is 11.5 Å². The van der Waals surface area contributed by atoms with Crippen LogP contribution in [0.2, 0.25) is 0 Å². The molecular formula is C23H22N4O3S. The molecule has 0 aliphatic carbocycles. The van der Waals surface area contributed by atoms with Gasteiger partial charge in [-0.05, 0) is 49.0 Å². The van der Waals surface area contributed by atoms with Crippen LogP contribution in [0.4, 0.5) is 11.4 Å². The SMILES string of the molecule is CNCc1cn([S+]([O-])c2cccnc2)c2cc(Nc3ccc4c(c3)OCCO4)ccc12. The second kappa shape index (κ2) is 8.50. The van der Waals surface area contributed by atoms with Crippen molar-refractivity contribution in [1.82, 2.24) is 14.3 Å². The quantitative estimate of drug-likeness (QED) is 0.449. The van der Waals surface area contributed by atoms with E-state index in [0.717, 1.165) is 39.3 Å². The van der Waals surface area contributed by atoms with Crippen LogP contribution >= 0.6 is 0 Å². The number of fused-ring (bicyclic) bond motifs is 2. The van der Waals surface area contributed by atoms with Gasteiger partial charge in [0.05, 0.1) is 12.4 Å². The fourth-order valence-corrected chi connectivity index (χ4v) is 4.79. The minimum Gasteiger partial charge on any atom is -0.587 e. The number of hydrogen-bond acceptors (Lipinski definition) is 6. The molecule has 0 bridgehead atoms. The summed E-state index contributed by atoms with van der Waals surface area (Å²) < 4.78 is 26.3. The van der Waals surface area contributed by atoms with Crippen molar-refractivity contribution in [1.29, 1.82) is 0 Å². The lowest BCUT2D eigenvalue weighted by atomic mass is 10.1. The van der Waals surface area contributed by atoms with E-state index in [1.54, 1.807) is 22.4 Å². The predicted molar refractivity (Wildman–Crippen MR) is 121 cm³/mol. The number of hydrogen-bond donors (Lipinski definition) is 2. The molecule has 0 radical (unpaired) electrons. The molecule has 1 atom stereocenters. The Labute approximate surface area is 183 Å². The van der Waals surface area contributed by atoms with E-state index in [9.17, 15) is 4.55 Å². The molecule has 0 amide bonds. The molecule has 2 N–H and O–H groups in total. The summed E-state index contributed by atoms with van der Waals surface area (Å²) in [5, 5.41) is 7.66. The molecule has 2 aromatic carbocycles. The molecule has 7 nitrogen and oxygen atoms in total. The first-order valence-corrected chi connectivity index (χ1v) is 11.1. The zero-order valence-corrected chi connectivity index (χ0v) is 17.8. The van der Waals surface area contributed by atoms with Crippen LogP contribution in [0.25, 0.3) is 10.9 Å². The van der Waals surface area contributed by atoms with Crippen LogP contribution in [-0.4, -0.2) is 33.8 Å². The molecule has 1 aliphatic rings. The maximum atomic E-state index is 13.3. The fraction of sp³-hybridized carbons (Fsp3) is 0.174. The van der Waals surface area contributed by atoms with Crippen molar-refractivity contribution in [3.63, 3.8) is 0 Å². The number of rotatable bonds is 6. The fourth-order valence-electron chi connectivity index (χ4n) is 3.66. The third-order valence-electron chi connectivity index (χ3n) is 5.07. The first-order valence-electron chi connectivity index (χ1n) is 10.0. The summed E-state index contributed by atoms with van der Waals surface area (Å²) in [6.45, 7) is 1.80. The molecule has 0 saturated heterocycles. The van der Waals surface area contributed by atoms with Crippen LogP contribution in [0.5, 0.6) is 11.5 Å². The smallest absolute Gasteiger partial charge is 0.198 e. The van der Waals surface area contributed by atoms with Crippen molar-refractivity contribution in [2.24, 2.45) is 0 Å². The van der Waals surface area contributed by atoms with Gasteiger partial charge in [0.15, 0.2) is 16.4 Å². The zero-order chi connectivity index (χ0) is 21.2. The Kier molecular flexibility index (Phi) is 5.42. The Morgan fingerprint density at radius 2 is 1.87 bits per heavy atom. The molecular weight excluding hydrogens is 412 g/mol. The van der Waals surface area contributed by atoms with Gasteiger partial charge >= 0.3 is 0 Å². The predicted octanol–water partition coefficient (Wildman–Crippen LogP) is 3.84. The largest absolute Gasteiger partial charge is 0.587 e. The molecule has 0 saturated carbocycles. The summed E-state index contributed by atoms with van der Waals surface area (Å²) >= 11 is -1.40. The molecule has 3 heterocycles. The van der Waals surface area contributed by atoms with E-state index in [4.69, 9.17) is 9.47 Å². The Morgan fingerprint density at radius 1 is 1.06 bits per heavy atom. The maximum Gasteiger partial charge on any atom is 0.198 e. The molecule has 158 valence electrons. The third kappa shape index (κ3) is 3.93. The lowest BCUT2D eigenvalue weighted by molar-refractivity contribution is 0.171. The standard InChI is InChI=1S/C23H22N4O3S/c1-24-13-16-15-27(31(28)19-3-2-8-25-14-19)21-11-17(4-6-20(16)21)26-18-5-7-22-23(12-18)30-10-9-29-22/h2-8,11-12,14-15,24,26H,9-10,13H2,1H3. The van der Waals surface area contributed by atoms with Gasteiger partial charge in [-0.1, -0.05) is 6.07 Å². The summed E-state index contributed by atoms with van der Waals surface area (Å²) in [5.74, 6) is 1.49. The molecule has 31 heavy (non-hydrogen) atoms. The minimum absolute atomic E-state index is 0.546. The molecule has 5 rings (SSSR count). The summed E-state index contributed by atoms with van der Waals surface area (Å²) in [6, 6.07) is 15.5. The van der Waals surface area contributed by atoms with Crippen LogP contribution in [-0.2, 0) is 17.9 Å². The van der Waals surface area contributed by atoms with Gasteiger partial charge in [0, 0.05) is 35.6 Å². The first-order chi connectivity index (χ1) is 15.2. The van der Waals surface area contributed by atoms with Gasteiger partial charge in [0.2, 0.25) is 0 Å². The summed E-state index contributed by atoms with van der Waals surface area (Å²) in [7, 11) is 1.90. The maximum absolute atomic E-state index is 13.3. The van der Waals surface area contributed by atoms with E-state index in [-0.39, 0.29) is 0 Å². The van der Waals surface area contributed by atoms with Crippen molar-refractivity contribution in [2.45, 2.75) is 11.4 Å². The average molecular weight is 435 g/mol. The van der Waals surface area contributed by atoms with Crippen LogP contribution in [0, 0.1) is 0 Å². The Morgan fingerprint density at radius 3 is 2.68 bits per heavy atom.